The van der Waals surface area contributed by atoms with E-state index in [4.69, 9.17) is 10.00 Å². The molecule has 158 valence electrons. The molecule has 1 fully saturated rings. The zero-order valence-electron chi connectivity index (χ0n) is 17.4. The second-order valence-electron chi connectivity index (χ2n) is 7.76. The van der Waals surface area contributed by atoms with Gasteiger partial charge in [-0.05, 0) is 41.0 Å². The van der Waals surface area contributed by atoms with E-state index in [1.165, 1.54) is 0 Å². The van der Waals surface area contributed by atoms with E-state index in [1.54, 1.807) is 12.1 Å². The molecule has 0 aromatic heterocycles. The number of hydrogen-bond donors (Lipinski definition) is 2. The Bertz CT molecular complexity index is 1160. The van der Waals surface area contributed by atoms with Gasteiger partial charge in [0.15, 0.2) is 0 Å². The first-order valence-corrected chi connectivity index (χ1v) is 10.4. The molecule has 6 heteroatoms. The van der Waals surface area contributed by atoms with Crippen molar-refractivity contribution in [2.75, 3.05) is 13.1 Å². The second-order valence-corrected chi connectivity index (χ2v) is 7.76. The maximum atomic E-state index is 13.0. The third-order valence-electron chi connectivity index (χ3n) is 5.49. The summed E-state index contributed by atoms with van der Waals surface area (Å²) < 4.78 is 5.97. The van der Waals surface area contributed by atoms with Crippen molar-refractivity contribution in [3.8, 4) is 29.0 Å². The molecule has 0 unspecified atom stereocenters. The first-order chi connectivity index (χ1) is 15.6. The molecule has 0 spiro atoms. The number of benzene rings is 3. The Morgan fingerprint density at radius 3 is 2.12 bits per heavy atom. The third-order valence-corrected chi connectivity index (χ3v) is 5.49. The van der Waals surface area contributed by atoms with Crippen molar-refractivity contribution in [1.82, 2.24) is 10.6 Å². The van der Waals surface area contributed by atoms with Gasteiger partial charge in [0.05, 0.1) is 17.7 Å². The first-order valence-electron chi connectivity index (χ1n) is 10.4. The normalized spacial score (nSPS) is 14.8. The topological polar surface area (TPSA) is 97.9 Å². The molecule has 3 aromatic carbocycles. The highest BCUT2D eigenvalue weighted by molar-refractivity contribution is 5.88. The van der Waals surface area contributed by atoms with Gasteiger partial charge in [-0.3, -0.25) is 4.79 Å². The number of ether oxygens (including phenoxy) is 1. The van der Waals surface area contributed by atoms with Gasteiger partial charge in [-0.25, -0.2) is 0 Å². The fourth-order valence-electron chi connectivity index (χ4n) is 3.57. The van der Waals surface area contributed by atoms with Crippen LogP contribution in [0.5, 0.6) is 5.75 Å². The van der Waals surface area contributed by atoms with Gasteiger partial charge in [0.25, 0.3) is 5.91 Å². The Morgan fingerprint density at radius 1 is 0.969 bits per heavy atom. The first kappa shape index (κ1) is 21.1. The molecule has 0 saturated carbocycles. The molecular weight excluding hydrogens is 400 g/mol. The van der Waals surface area contributed by atoms with Crippen molar-refractivity contribution in [1.29, 1.82) is 10.5 Å². The summed E-state index contributed by atoms with van der Waals surface area (Å²) in [6.45, 7) is 0.788. The van der Waals surface area contributed by atoms with E-state index < -0.39 is 11.6 Å². The number of nitrogens with zero attached hydrogens (tertiary/aromatic N) is 2. The van der Waals surface area contributed by atoms with E-state index in [1.807, 2.05) is 66.7 Å². The largest absolute Gasteiger partial charge is 0.475 e. The predicted molar refractivity (Wildman–Crippen MR) is 121 cm³/mol. The van der Waals surface area contributed by atoms with Crippen molar-refractivity contribution in [2.24, 2.45) is 0 Å². The number of amides is 1. The second kappa shape index (κ2) is 9.34. The molecule has 0 bridgehead atoms. The van der Waals surface area contributed by atoms with Gasteiger partial charge in [0.2, 0.25) is 5.60 Å². The molecule has 6 nitrogen and oxygen atoms in total. The Kier molecular flexibility index (Phi) is 6.17. The fraction of sp³-hybridized carbons (Fsp3) is 0.192. The summed E-state index contributed by atoms with van der Waals surface area (Å²) in [6.07, 6.45) is 0.394. The molecule has 32 heavy (non-hydrogen) atoms. The van der Waals surface area contributed by atoms with Crippen LogP contribution in [0.15, 0.2) is 78.9 Å². The fourth-order valence-corrected chi connectivity index (χ4v) is 3.57. The van der Waals surface area contributed by atoms with Gasteiger partial charge in [-0.2, -0.15) is 10.5 Å². The zero-order chi connectivity index (χ0) is 22.4. The number of nitrogens with one attached hydrogen (secondary N) is 2. The summed E-state index contributed by atoms with van der Waals surface area (Å²) in [7, 11) is 0. The van der Waals surface area contributed by atoms with E-state index in [0.717, 1.165) is 16.7 Å². The number of hydrogen-bond acceptors (Lipinski definition) is 5. The van der Waals surface area contributed by atoms with Crippen molar-refractivity contribution >= 4 is 5.91 Å². The maximum Gasteiger partial charge on any atom is 0.267 e. The summed E-state index contributed by atoms with van der Waals surface area (Å²) in [6, 6.07) is 28.1. The van der Waals surface area contributed by atoms with Gasteiger partial charge in [0, 0.05) is 19.5 Å². The van der Waals surface area contributed by atoms with Crippen LogP contribution in [0.4, 0.5) is 0 Å². The van der Waals surface area contributed by atoms with Crippen LogP contribution in [-0.2, 0) is 11.2 Å². The average molecular weight is 422 g/mol. The maximum absolute atomic E-state index is 13.0. The molecule has 1 amide bonds. The molecule has 0 aliphatic carbocycles. The molecule has 1 atom stereocenters. The van der Waals surface area contributed by atoms with Crippen LogP contribution >= 0.6 is 0 Å². The van der Waals surface area contributed by atoms with E-state index >= 15 is 0 Å². The number of nitriles is 2. The van der Waals surface area contributed by atoms with Crippen molar-refractivity contribution in [3.05, 3.63) is 90.0 Å². The Hall–Kier alpha value is -4.13. The van der Waals surface area contributed by atoms with E-state index in [9.17, 15) is 10.1 Å². The third kappa shape index (κ3) is 4.62. The van der Waals surface area contributed by atoms with Gasteiger partial charge in [-0.1, -0.05) is 54.6 Å². The molecule has 2 N–H and O–H groups in total. The SMILES string of the molecule is N#Cc1ccc(-c2ccc(C[C@@H](C#N)NC(=O)C3(Oc4ccccc4)CNC3)cc2)cc1. The van der Waals surface area contributed by atoms with E-state index in [-0.39, 0.29) is 5.91 Å². The molecule has 4 rings (SSSR count). The van der Waals surface area contributed by atoms with Crippen molar-refractivity contribution in [3.63, 3.8) is 0 Å². The quantitative estimate of drug-likeness (QED) is 0.609. The minimum atomic E-state index is -1.00. The molecule has 1 saturated heterocycles. The minimum Gasteiger partial charge on any atom is -0.475 e. The van der Waals surface area contributed by atoms with E-state index in [0.29, 0.717) is 30.8 Å². The van der Waals surface area contributed by atoms with Crippen molar-refractivity contribution in [2.45, 2.75) is 18.1 Å². The molecule has 3 aromatic rings. The average Bonchev–Trinajstić information content (AvgIpc) is 2.82. The van der Waals surface area contributed by atoms with Crippen LogP contribution in [-0.4, -0.2) is 30.6 Å². The Labute approximate surface area is 187 Å². The molecule has 1 heterocycles. The van der Waals surface area contributed by atoms with Crippen molar-refractivity contribution < 1.29 is 9.53 Å². The summed E-state index contributed by atoms with van der Waals surface area (Å²) in [5.41, 5.74) is 2.59. The standard InChI is InChI=1S/C26H22N4O2/c27-15-20-8-12-22(13-9-20)21-10-6-19(7-11-21)14-23(16-28)30-25(31)26(17-29-18-26)32-24-4-2-1-3-5-24/h1-13,23,29H,14,17-18H2,(H,30,31)/t23-/m0/s1. The summed E-state index contributed by atoms with van der Waals surface area (Å²) >= 11 is 0. The lowest BCUT2D eigenvalue weighted by molar-refractivity contribution is -0.141. The number of carbonyl (C=O) groups excluding carboxylic acids is 1. The highest BCUT2D eigenvalue weighted by Gasteiger charge is 2.47. The Balaban J connectivity index is 1.40. The van der Waals surface area contributed by atoms with Crippen LogP contribution < -0.4 is 15.4 Å². The monoisotopic (exact) mass is 422 g/mol. The highest BCUT2D eigenvalue weighted by Crippen LogP contribution is 2.23. The number of carbonyl (C=O) groups is 1. The lowest BCUT2D eigenvalue weighted by Gasteiger charge is -2.41. The van der Waals surface area contributed by atoms with Gasteiger partial charge < -0.3 is 15.4 Å². The minimum absolute atomic E-state index is 0.291. The zero-order valence-corrected chi connectivity index (χ0v) is 17.4. The van der Waals surface area contributed by atoms with Crippen LogP contribution in [0, 0.1) is 22.7 Å². The van der Waals surface area contributed by atoms with Crippen LogP contribution in [0.25, 0.3) is 11.1 Å². The van der Waals surface area contributed by atoms with Gasteiger partial charge >= 0.3 is 0 Å². The number of para-hydroxylation sites is 1. The Morgan fingerprint density at radius 2 is 1.59 bits per heavy atom. The lowest BCUT2D eigenvalue weighted by Crippen LogP contribution is -2.71. The summed E-state index contributed by atoms with van der Waals surface area (Å²) in [5.74, 6) is 0.330. The van der Waals surface area contributed by atoms with Gasteiger partial charge in [0.1, 0.15) is 11.8 Å². The van der Waals surface area contributed by atoms with Gasteiger partial charge in [-0.15, -0.1) is 0 Å². The van der Waals surface area contributed by atoms with E-state index in [2.05, 4.69) is 22.8 Å². The smallest absolute Gasteiger partial charge is 0.267 e. The molecule has 0 radical (unpaired) electrons. The molecule has 1 aliphatic heterocycles. The summed E-state index contributed by atoms with van der Waals surface area (Å²) in [5, 5.41) is 24.5. The molecular formula is C26H22N4O2. The summed E-state index contributed by atoms with van der Waals surface area (Å²) in [4.78, 5) is 13.0. The van der Waals surface area contributed by atoms with Crippen LogP contribution in [0.3, 0.4) is 0 Å². The highest BCUT2D eigenvalue weighted by atomic mass is 16.5. The molecule has 1 aliphatic rings. The predicted octanol–water partition coefficient (Wildman–Crippen LogP) is 3.20. The number of rotatable bonds is 7. The lowest BCUT2D eigenvalue weighted by atomic mass is 9.94. The van der Waals surface area contributed by atoms with Crippen LogP contribution in [0.1, 0.15) is 11.1 Å². The van der Waals surface area contributed by atoms with Crippen LogP contribution in [0.2, 0.25) is 0 Å².